The summed E-state index contributed by atoms with van der Waals surface area (Å²) in [4.78, 5) is 14.7. The van der Waals surface area contributed by atoms with Crippen molar-refractivity contribution in [2.45, 2.75) is 13.8 Å². The fourth-order valence-electron chi connectivity index (χ4n) is 3.84. The fourth-order valence-corrected chi connectivity index (χ4v) is 4.10. The van der Waals surface area contributed by atoms with Crippen molar-refractivity contribution in [3.8, 4) is 11.8 Å². The molecule has 4 aromatic rings. The van der Waals surface area contributed by atoms with E-state index in [9.17, 15) is 0 Å². The number of rotatable bonds is 6. The third kappa shape index (κ3) is 4.64. The molecule has 1 aliphatic heterocycles. The highest BCUT2D eigenvalue weighted by Gasteiger charge is 2.17. The number of H-pyrrole nitrogens is 2. The molecule has 0 amide bonds. The molecule has 10 heteroatoms. The van der Waals surface area contributed by atoms with Crippen LogP contribution in [0.15, 0.2) is 36.4 Å². The zero-order valence-corrected chi connectivity index (χ0v) is 19.2. The Bertz CT molecular complexity index is 1310. The molecule has 3 aromatic heterocycles. The zero-order valence-electron chi connectivity index (χ0n) is 18.4. The summed E-state index contributed by atoms with van der Waals surface area (Å²) >= 11 is 6.64. The highest BCUT2D eigenvalue weighted by Crippen LogP contribution is 2.36. The van der Waals surface area contributed by atoms with E-state index in [1.54, 1.807) is 0 Å². The second-order valence-electron chi connectivity index (χ2n) is 7.86. The second-order valence-corrected chi connectivity index (χ2v) is 8.24. The van der Waals surface area contributed by atoms with Crippen LogP contribution in [0.25, 0.3) is 17.0 Å². The summed E-state index contributed by atoms with van der Waals surface area (Å²) in [5.74, 6) is 2.52. The van der Waals surface area contributed by atoms with E-state index in [1.807, 2.05) is 56.3 Å². The number of piperazine rings is 1. The molecule has 5 rings (SSSR count). The molecule has 1 fully saturated rings. The molecule has 1 saturated heterocycles. The molecule has 0 saturated carbocycles. The van der Waals surface area contributed by atoms with Crippen LogP contribution in [0.4, 0.5) is 17.5 Å². The van der Waals surface area contributed by atoms with Crippen LogP contribution in [0.3, 0.4) is 0 Å². The Morgan fingerprint density at radius 3 is 2.79 bits per heavy atom. The molecule has 1 aliphatic rings. The first kappa shape index (κ1) is 21.3. The standard InChI is InChI=1S/C23H25ClN8O/c1-3-4-15-12-20(31-30-15)27-19-13-21(32-9-7-25-8-10-32)29-23(28-19)33-18-6-5-17-16(22(18)24)11-14(2)26-17/h3-6,11-13,25-26H,7-10H2,1-2H3,(H2,27,28,29,30,31)/b4-3-. The highest BCUT2D eigenvalue weighted by molar-refractivity contribution is 6.37. The lowest BCUT2D eigenvalue weighted by Crippen LogP contribution is -2.43. The van der Waals surface area contributed by atoms with Gasteiger partial charge >= 0.3 is 6.01 Å². The molecule has 0 atom stereocenters. The Labute approximate surface area is 196 Å². The number of fused-ring (bicyclic) bond motifs is 1. The third-order valence-electron chi connectivity index (χ3n) is 5.37. The molecular weight excluding hydrogens is 440 g/mol. The van der Waals surface area contributed by atoms with Crippen molar-refractivity contribution in [1.82, 2.24) is 30.5 Å². The second kappa shape index (κ2) is 9.13. The average Bonchev–Trinajstić information content (AvgIpc) is 3.42. The number of hydrogen-bond donors (Lipinski definition) is 4. The number of hydrogen-bond acceptors (Lipinski definition) is 7. The lowest BCUT2D eigenvalue weighted by atomic mass is 10.2. The summed E-state index contributed by atoms with van der Waals surface area (Å²) in [6.45, 7) is 7.43. The Morgan fingerprint density at radius 1 is 1.12 bits per heavy atom. The van der Waals surface area contributed by atoms with Crippen LogP contribution in [0.2, 0.25) is 5.02 Å². The van der Waals surface area contributed by atoms with E-state index in [2.05, 4.69) is 40.7 Å². The predicted octanol–water partition coefficient (Wildman–Crippen LogP) is 4.62. The minimum atomic E-state index is 0.214. The van der Waals surface area contributed by atoms with Crippen LogP contribution < -0.4 is 20.3 Å². The number of anilines is 3. The largest absolute Gasteiger partial charge is 0.423 e. The maximum absolute atomic E-state index is 6.64. The minimum Gasteiger partial charge on any atom is -0.423 e. The van der Waals surface area contributed by atoms with Crippen molar-refractivity contribution >= 4 is 46.0 Å². The lowest BCUT2D eigenvalue weighted by Gasteiger charge is -2.28. The summed E-state index contributed by atoms with van der Waals surface area (Å²) in [5, 5.41) is 15.3. The van der Waals surface area contributed by atoms with Gasteiger partial charge in [-0.3, -0.25) is 5.10 Å². The molecule has 0 radical (unpaired) electrons. The van der Waals surface area contributed by atoms with Crippen molar-refractivity contribution in [2.75, 3.05) is 36.4 Å². The first-order chi connectivity index (χ1) is 16.1. The maximum Gasteiger partial charge on any atom is 0.325 e. The predicted molar refractivity (Wildman–Crippen MR) is 132 cm³/mol. The molecule has 0 unspecified atom stereocenters. The molecule has 1 aromatic carbocycles. The van der Waals surface area contributed by atoms with Crippen LogP contribution in [0.1, 0.15) is 18.3 Å². The Hall–Kier alpha value is -3.56. The van der Waals surface area contributed by atoms with Crippen molar-refractivity contribution in [2.24, 2.45) is 0 Å². The van der Waals surface area contributed by atoms with Gasteiger partial charge < -0.3 is 25.3 Å². The number of nitrogens with zero attached hydrogens (tertiary/aromatic N) is 4. The van der Waals surface area contributed by atoms with Crippen molar-refractivity contribution < 1.29 is 4.74 Å². The van der Waals surface area contributed by atoms with E-state index < -0.39 is 0 Å². The molecule has 4 heterocycles. The van der Waals surface area contributed by atoms with Gasteiger partial charge in [0, 0.05) is 54.9 Å². The molecule has 170 valence electrons. The van der Waals surface area contributed by atoms with Gasteiger partial charge in [-0.25, -0.2) is 0 Å². The first-order valence-electron chi connectivity index (χ1n) is 10.8. The number of aryl methyl sites for hydroxylation is 1. The van der Waals surface area contributed by atoms with Gasteiger partial charge in [-0.1, -0.05) is 17.7 Å². The molecule has 0 bridgehead atoms. The topological polar surface area (TPSA) is 107 Å². The van der Waals surface area contributed by atoms with E-state index >= 15 is 0 Å². The van der Waals surface area contributed by atoms with Crippen LogP contribution in [0, 0.1) is 6.92 Å². The Kier molecular flexibility index (Phi) is 5.89. The number of nitrogens with one attached hydrogen (secondary N) is 4. The monoisotopic (exact) mass is 464 g/mol. The Morgan fingerprint density at radius 2 is 1.97 bits per heavy atom. The molecule has 0 spiro atoms. The lowest BCUT2D eigenvalue weighted by molar-refractivity contribution is 0.442. The average molecular weight is 465 g/mol. The zero-order chi connectivity index (χ0) is 22.8. The third-order valence-corrected chi connectivity index (χ3v) is 5.76. The number of allylic oxidation sites excluding steroid dienone is 1. The van der Waals surface area contributed by atoms with Crippen LogP contribution in [-0.4, -0.2) is 51.3 Å². The van der Waals surface area contributed by atoms with Crippen molar-refractivity contribution in [3.63, 3.8) is 0 Å². The number of benzene rings is 1. The maximum atomic E-state index is 6.64. The summed E-state index contributed by atoms with van der Waals surface area (Å²) in [5.41, 5.74) is 2.89. The number of ether oxygens (including phenoxy) is 1. The van der Waals surface area contributed by atoms with E-state index in [-0.39, 0.29) is 6.01 Å². The first-order valence-corrected chi connectivity index (χ1v) is 11.2. The molecule has 0 aliphatic carbocycles. The van der Waals surface area contributed by atoms with Gasteiger partial charge in [0.15, 0.2) is 5.82 Å². The van der Waals surface area contributed by atoms with Gasteiger partial charge in [-0.05, 0) is 38.1 Å². The SMILES string of the molecule is C/C=C\c1cc(Nc2cc(N3CCNCC3)nc(Oc3ccc4[nH]c(C)cc4c3Cl)n2)n[nH]1. The summed E-state index contributed by atoms with van der Waals surface area (Å²) in [7, 11) is 0. The molecule has 9 nitrogen and oxygen atoms in total. The van der Waals surface area contributed by atoms with Gasteiger partial charge in [-0.2, -0.15) is 15.1 Å². The van der Waals surface area contributed by atoms with Crippen LogP contribution in [0.5, 0.6) is 11.8 Å². The molecular formula is C23H25ClN8O. The van der Waals surface area contributed by atoms with E-state index in [0.29, 0.717) is 22.4 Å². The number of aromatic amines is 2. The summed E-state index contributed by atoms with van der Waals surface area (Å²) < 4.78 is 6.09. The van der Waals surface area contributed by atoms with Crippen LogP contribution in [-0.2, 0) is 0 Å². The minimum absolute atomic E-state index is 0.214. The van der Waals surface area contributed by atoms with Gasteiger partial charge in [0.25, 0.3) is 0 Å². The summed E-state index contributed by atoms with van der Waals surface area (Å²) in [6, 6.07) is 9.79. The highest BCUT2D eigenvalue weighted by atomic mass is 35.5. The number of aromatic nitrogens is 5. The van der Waals surface area contributed by atoms with Crippen LogP contribution >= 0.6 is 11.6 Å². The van der Waals surface area contributed by atoms with Gasteiger partial charge in [0.2, 0.25) is 0 Å². The smallest absolute Gasteiger partial charge is 0.325 e. The van der Waals surface area contributed by atoms with Gasteiger partial charge in [0.1, 0.15) is 17.4 Å². The molecule has 33 heavy (non-hydrogen) atoms. The fraction of sp³-hybridized carbons (Fsp3) is 0.261. The van der Waals surface area contributed by atoms with Crippen molar-refractivity contribution in [3.05, 3.63) is 52.8 Å². The number of halogens is 1. The van der Waals surface area contributed by atoms with Gasteiger partial charge in [-0.15, -0.1) is 0 Å². The van der Waals surface area contributed by atoms with E-state index in [0.717, 1.165) is 54.3 Å². The Balaban J connectivity index is 1.48. The van der Waals surface area contributed by atoms with E-state index in [4.69, 9.17) is 16.3 Å². The molecule has 4 N–H and O–H groups in total. The normalized spacial score (nSPS) is 14.3. The summed E-state index contributed by atoms with van der Waals surface area (Å²) in [6.07, 6.45) is 3.89. The van der Waals surface area contributed by atoms with E-state index in [1.165, 1.54) is 0 Å². The van der Waals surface area contributed by atoms with Gasteiger partial charge in [0.05, 0.1) is 10.7 Å². The van der Waals surface area contributed by atoms with Crippen molar-refractivity contribution in [1.29, 1.82) is 0 Å². The quantitative estimate of drug-likeness (QED) is 0.330.